The van der Waals surface area contributed by atoms with Crippen LogP contribution in [0.25, 0.3) is 0 Å². The number of nitrogens with one attached hydrogen (secondary N) is 1. The molecule has 0 amide bonds. The van der Waals surface area contributed by atoms with Crippen LogP contribution in [0.3, 0.4) is 0 Å². The van der Waals surface area contributed by atoms with Gasteiger partial charge in [-0.05, 0) is 37.8 Å². The lowest BCUT2D eigenvalue weighted by molar-refractivity contribution is 0.276. The van der Waals surface area contributed by atoms with Gasteiger partial charge < -0.3 is 10.1 Å². The van der Waals surface area contributed by atoms with Gasteiger partial charge in [0.05, 0.1) is 12.1 Å². The molecule has 106 valence electrons. The van der Waals surface area contributed by atoms with Crippen LogP contribution in [0.1, 0.15) is 39.5 Å². The first-order valence-electron chi connectivity index (χ1n) is 7.11. The zero-order valence-corrected chi connectivity index (χ0v) is 12.5. The molecule has 2 atom stereocenters. The third kappa shape index (κ3) is 3.53. The normalized spacial score (nSPS) is 27.0. The van der Waals surface area contributed by atoms with Gasteiger partial charge in [0.1, 0.15) is 0 Å². The van der Waals surface area contributed by atoms with Gasteiger partial charge in [-0.25, -0.2) is 4.98 Å². The summed E-state index contributed by atoms with van der Waals surface area (Å²) < 4.78 is 5.63. The van der Waals surface area contributed by atoms with Gasteiger partial charge in [-0.3, -0.25) is 0 Å². The molecule has 3 nitrogen and oxygen atoms in total. The van der Waals surface area contributed by atoms with Crippen molar-refractivity contribution in [1.29, 1.82) is 0 Å². The molecule has 1 saturated carbocycles. The van der Waals surface area contributed by atoms with E-state index in [2.05, 4.69) is 17.2 Å². The van der Waals surface area contributed by atoms with Crippen molar-refractivity contribution < 1.29 is 4.74 Å². The molecular weight excluding hydrogens is 260 g/mol. The number of hydrogen-bond acceptors (Lipinski definition) is 3. The van der Waals surface area contributed by atoms with E-state index in [1.54, 1.807) is 6.20 Å². The molecule has 0 bridgehead atoms. The Hall–Kier alpha value is -0.960. The van der Waals surface area contributed by atoms with Crippen molar-refractivity contribution >= 4 is 17.4 Å². The van der Waals surface area contributed by atoms with Crippen molar-refractivity contribution in [2.24, 2.45) is 5.92 Å². The Kier molecular flexibility index (Phi) is 4.92. The Morgan fingerprint density at radius 1 is 1.58 bits per heavy atom. The van der Waals surface area contributed by atoms with E-state index in [-0.39, 0.29) is 5.54 Å². The van der Waals surface area contributed by atoms with E-state index < -0.39 is 0 Å². The summed E-state index contributed by atoms with van der Waals surface area (Å²) in [5.74, 6) is 2.95. The maximum absolute atomic E-state index is 6.25. The number of rotatable bonds is 5. The van der Waals surface area contributed by atoms with Gasteiger partial charge in [0.2, 0.25) is 0 Å². The van der Waals surface area contributed by atoms with Crippen LogP contribution in [-0.2, 0) is 0 Å². The number of nitrogens with zero attached hydrogens (tertiary/aromatic N) is 1. The van der Waals surface area contributed by atoms with Crippen LogP contribution in [0.15, 0.2) is 18.3 Å². The Balaban J connectivity index is 2.18. The highest BCUT2D eigenvalue weighted by molar-refractivity contribution is 6.18. The molecule has 1 heterocycles. The van der Waals surface area contributed by atoms with Gasteiger partial charge in [0.15, 0.2) is 11.6 Å². The van der Waals surface area contributed by atoms with Crippen molar-refractivity contribution in [3.05, 3.63) is 18.3 Å². The van der Waals surface area contributed by atoms with Gasteiger partial charge >= 0.3 is 0 Å². The third-order valence-corrected chi connectivity index (χ3v) is 4.31. The molecule has 0 aromatic carbocycles. The fourth-order valence-electron chi connectivity index (χ4n) is 2.94. The lowest BCUT2D eigenvalue weighted by atomic mass is 9.77. The van der Waals surface area contributed by atoms with Crippen molar-refractivity contribution in [2.75, 3.05) is 17.8 Å². The van der Waals surface area contributed by atoms with E-state index >= 15 is 0 Å². The number of ether oxygens (including phenoxy) is 1. The summed E-state index contributed by atoms with van der Waals surface area (Å²) in [6.45, 7) is 4.92. The van der Waals surface area contributed by atoms with Crippen molar-refractivity contribution in [3.63, 3.8) is 0 Å². The minimum Gasteiger partial charge on any atom is -0.490 e. The van der Waals surface area contributed by atoms with E-state index in [1.165, 1.54) is 12.8 Å². The number of hydrogen-bond donors (Lipinski definition) is 1. The Labute approximate surface area is 120 Å². The van der Waals surface area contributed by atoms with E-state index in [4.69, 9.17) is 16.3 Å². The first-order chi connectivity index (χ1) is 9.19. The standard InChI is InChI=1S/C15H23ClN2O/c1-3-19-13-7-5-9-17-14(13)18-15(11-16)8-4-6-12(2)10-15/h5,7,9,12H,3-4,6,8,10-11H2,1-2H3,(H,17,18). The first kappa shape index (κ1) is 14.4. The van der Waals surface area contributed by atoms with Gasteiger partial charge in [-0.15, -0.1) is 11.6 Å². The van der Waals surface area contributed by atoms with Crippen molar-refractivity contribution in [1.82, 2.24) is 4.98 Å². The van der Waals surface area contributed by atoms with Gasteiger partial charge in [0.25, 0.3) is 0 Å². The zero-order valence-electron chi connectivity index (χ0n) is 11.8. The summed E-state index contributed by atoms with van der Waals surface area (Å²) in [5, 5.41) is 3.56. The molecule has 0 aliphatic heterocycles. The molecule has 19 heavy (non-hydrogen) atoms. The summed E-state index contributed by atoms with van der Waals surface area (Å²) in [4.78, 5) is 4.41. The van der Waals surface area contributed by atoms with E-state index in [9.17, 15) is 0 Å². The molecule has 1 aromatic rings. The average Bonchev–Trinajstić information content (AvgIpc) is 2.41. The highest BCUT2D eigenvalue weighted by Crippen LogP contribution is 2.37. The van der Waals surface area contributed by atoms with Crippen molar-refractivity contribution in [2.45, 2.75) is 45.1 Å². The second-order valence-corrected chi connectivity index (χ2v) is 5.79. The summed E-state index contributed by atoms with van der Waals surface area (Å²) >= 11 is 6.25. The number of aromatic nitrogens is 1. The number of pyridine rings is 1. The number of anilines is 1. The zero-order chi connectivity index (χ0) is 13.7. The maximum Gasteiger partial charge on any atom is 0.169 e. The predicted octanol–water partition coefficient (Wildman–Crippen LogP) is 4.08. The molecule has 1 aromatic heterocycles. The minimum atomic E-state index is -0.0422. The van der Waals surface area contributed by atoms with Crippen LogP contribution in [0.5, 0.6) is 5.75 Å². The maximum atomic E-state index is 6.25. The molecule has 0 saturated heterocycles. The second kappa shape index (κ2) is 6.47. The van der Waals surface area contributed by atoms with Crippen LogP contribution in [0, 0.1) is 5.92 Å². The average molecular weight is 283 g/mol. The lowest BCUT2D eigenvalue weighted by Crippen LogP contribution is -2.44. The summed E-state index contributed by atoms with van der Waals surface area (Å²) in [5.41, 5.74) is -0.0422. The SMILES string of the molecule is CCOc1cccnc1NC1(CCl)CCCC(C)C1. The topological polar surface area (TPSA) is 34.1 Å². The highest BCUT2D eigenvalue weighted by Gasteiger charge is 2.35. The molecule has 2 unspecified atom stereocenters. The molecule has 2 rings (SSSR count). The smallest absolute Gasteiger partial charge is 0.169 e. The molecule has 0 radical (unpaired) electrons. The third-order valence-electron chi connectivity index (χ3n) is 3.80. The van der Waals surface area contributed by atoms with E-state index in [1.807, 2.05) is 19.1 Å². The van der Waals surface area contributed by atoms with Crippen LogP contribution in [0.4, 0.5) is 5.82 Å². The largest absolute Gasteiger partial charge is 0.490 e. The Morgan fingerprint density at radius 2 is 2.42 bits per heavy atom. The van der Waals surface area contributed by atoms with E-state index in [0.29, 0.717) is 18.4 Å². The Bertz CT molecular complexity index is 413. The molecule has 1 aliphatic carbocycles. The second-order valence-electron chi connectivity index (χ2n) is 5.52. The van der Waals surface area contributed by atoms with Crippen LogP contribution < -0.4 is 10.1 Å². The summed E-state index contributed by atoms with van der Waals surface area (Å²) in [6.07, 6.45) is 6.50. The number of halogens is 1. The molecular formula is C15H23ClN2O. The number of alkyl halides is 1. The molecule has 0 spiro atoms. The van der Waals surface area contributed by atoms with Gasteiger partial charge in [-0.2, -0.15) is 0 Å². The minimum absolute atomic E-state index is 0.0422. The molecule has 1 aliphatic rings. The van der Waals surface area contributed by atoms with Gasteiger partial charge in [-0.1, -0.05) is 19.8 Å². The van der Waals surface area contributed by atoms with Crippen molar-refractivity contribution in [3.8, 4) is 5.75 Å². The fourth-order valence-corrected chi connectivity index (χ4v) is 3.25. The molecule has 1 fully saturated rings. The monoisotopic (exact) mass is 282 g/mol. The quantitative estimate of drug-likeness (QED) is 0.826. The van der Waals surface area contributed by atoms with Crippen LogP contribution in [-0.4, -0.2) is 23.0 Å². The van der Waals surface area contributed by atoms with E-state index in [0.717, 1.165) is 24.4 Å². The predicted molar refractivity (Wildman–Crippen MR) is 80.1 cm³/mol. The first-order valence-corrected chi connectivity index (χ1v) is 7.64. The summed E-state index contributed by atoms with van der Waals surface area (Å²) in [6, 6.07) is 3.85. The fraction of sp³-hybridized carbons (Fsp3) is 0.667. The summed E-state index contributed by atoms with van der Waals surface area (Å²) in [7, 11) is 0. The van der Waals surface area contributed by atoms with Crippen LogP contribution in [0.2, 0.25) is 0 Å². The van der Waals surface area contributed by atoms with Gasteiger partial charge in [0, 0.05) is 12.1 Å². The molecule has 1 N–H and O–H groups in total. The molecule has 4 heteroatoms. The lowest BCUT2D eigenvalue weighted by Gasteiger charge is -2.40. The Morgan fingerprint density at radius 3 is 3.11 bits per heavy atom. The van der Waals surface area contributed by atoms with Crippen LogP contribution >= 0.6 is 11.6 Å². The highest BCUT2D eigenvalue weighted by atomic mass is 35.5.